The summed E-state index contributed by atoms with van der Waals surface area (Å²) in [6.07, 6.45) is 1.13. The van der Waals surface area contributed by atoms with E-state index in [0.717, 1.165) is 29.2 Å². The minimum atomic E-state index is -0.692. The van der Waals surface area contributed by atoms with Crippen molar-refractivity contribution in [3.8, 4) is 5.69 Å². The maximum atomic E-state index is 13.4. The van der Waals surface area contributed by atoms with Crippen molar-refractivity contribution in [2.24, 2.45) is 0 Å². The maximum absolute atomic E-state index is 13.4. The van der Waals surface area contributed by atoms with Crippen LogP contribution in [0.25, 0.3) is 5.69 Å². The Morgan fingerprint density at radius 3 is 2.94 bits per heavy atom. The van der Waals surface area contributed by atoms with Gasteiger partial charge in [0, 0.05) is 6.07 Å². The Morgan fingerprint density at radius 1 is 1.44 bits per heavy atom. The summed E-state index contributed by atoms with van der Waals surface area (Å²) >= 11 is 0. The van der Waals surface area contributed by atoms with Crippen LogP contribution in [0.15, 0.2) is 24.4 Å². The summed E-state index contributed by atoms with van der Waals surface area (Å²) in [6, 6.07) is 2.87. The van der Waals surface area contributed by atoms with E-state index in [2.05, 4.69) is 10.2 Å². The van der Waals surface area contributed by atoms with Gasteiger partial charge >= 0.3 is 5.97 Å². The van der Waals surface area contributed by atoms with Gasteiger partial charge in [0.2, 0.25) is 0 Å². The van der Waals surface area contributed by atoms with Crippen LogP contribution in [0, 0.1) is 11.6 Å². The summed E-state index contributed by atoms with van der Waals surface area (Å²) < 4.78 is 31.1. The molecule has 0 amide bonds. The van der Waals surface area contributed by atoms with E-state index in [1.807, 2.05) is 0 Å². The highest BCUT2D eigenvalue weighted by Gasteiger charge is 2.14. The zero-order valence-electron chi connectivity index (χ0n) is 9.43. The van der Waals surface area contributed by atoms with Gasteiger partial charge in [-0.25, -0.2) is 13.6 Å². The van der Waals surface area contributed by atoms with E-state index in [0.29, 0.717) is 0 Å². The number of hydrogen-bond donors (Lipinski definition) is 0. The van der Waals surface area contributed by atoms with Gasteiger partial charge in [0.25, 0.3) is 0 Å². The first-order chi connectivity index (χ1) is 8.61. The van der Waals surface area contributed by atoms with E-state index in [1.54, 1.807) is 6.92 Å². The Labute approximate surface area is 101 Å². The summed E-state index contributed by atoms with van der Waals surface area (Å²) in [5.74, 6) is -1.98. The molecule has 0 saturated carbocycles. The molecule has 0 spiro atoms. The lowest BCUT2D eigenvalue weighted by Crippen LogP contribution is -2.07. The molecule has 1 heterocycles. The molecule has 0 aliphatic carbocycles. The molecule has 0 aliphatic heterocycles. The third kappa shape index (κ3) is 2.34. The molecule has 2 rings (SSSR count). The van der Waals surface area contributed by atoms with Gasteiger partial charge in [-0.2, -0.15) is 5.10 Å². The van der Waals surface area contributed by atoms with Crippen LogP contribution in [-0.2, 0) is 4.74 Å². The van der Waals surface area contributed by atoms with E-state index < -0.39 is 17.6 Å². The van der Waals surface area contributed by atoms with Crippen molar-refractivity contribution in [3.63, 3.8) is 0 Å². The van der Waals surface area contributed by atoms with Gasteiger partial charge < -0.3 is 4.74 Å². The summed E-state index contributed by atoms with van der Waals surface area (Å²) in [4.78, 5) is 12.2. The minimum Gasteiger partial charge on any atom is -0.461 e. The monoisotopic (exact) mass is 253 g/mol. The Morgan fingerprint density at radius 2 is 2.22 bits per heavy atom. The molecule has 94 valence electrons. The number of carbonyl (C=O) groups is 1. The van der Waals surface area contributed by atoms with Gasteiger partial charge in [0.05, 0.1) is 12.8 Å². The highest BCUT2D eigenvalue weighted by molar-refractivity contribution is 5.86. The number of esters is 1. The maximum Gasteiger partial charge on any atom is 0.360 e. The number of hydrogen-bond acceptors (Lipinski definition) is 4. The molecule has 0 unspecified atom stereocenters. The summed E-state index contributed by atoms with van der Waals surface area (Å²) in [6.45, 7) is 1.84. The van der Waals surface area contributed by atoms with Crippen molar-refractivity contribution < 1.29 is 18.3 Å². The van der Waals surface area contributed by atoms with Gasteiger partial charge in [0.1, 0.15) is 11.5 Å². The first-order valence-electron chi connectivity index (χ1n) is 5.16. The van der Waals surface area contributed by atoms with Gasteiger partial charge in [-0.15, -0.1) is 9.90 Å². The number of carbonyl (C=O) groups excluding carboxylic acids is 1. The van der Waals surface area contributed by atoms with Crippen LogP contribution in [0.5, 0.6) is 0 Å². The fourth-order valence-corrected chi connectivity index (χ4v) is 1.32. The molecule has 0 radical (unpaired) electrons. The molecule has 7 heteroatoms. The number of rotatable bonds is 3. The van der Waals surface area contributed by atoms with Crippen LogP contribution in [0.3, 0.4) is 0 Å². The fraction of sp³-hybridized carbons (Fsp3) is 0.182. The molecule has 1 aromatic carbocycles. The van der Waals surface area contributed by atoms with E-state index >= 15 is 0 Å². The molecule has 18 heavy (non-hydrogen) atoms. The third-order valence-corrected chi connectivity index (χ3v) is 2.10. The molecule has 5 nitrogen and oxygen atoms in total. The molecule has 0 atom stereocenters. The molecule has 1 aromatic heterocycles. The molecule has 0 bridgehead atoms. The van der Waals surface area contributed by atoms with Gasteiger partial charge in [0.15, 0.2) is 11.5 Å². The first-order valence-corrected chi connectivity index (χ1v) is 5.16. The molecule has 2 aromatic rings. The number of ether oxygens (including phenoxy) is 1. The summed E-state index contributed by atoms with van der Waals surface area (Å²) in [7, 11) is 0. The topological polar surface area (TPSA) is 57.0 Å². The SMILES string of the molecule is CCOC(=O)c1cnn(-c2cc(F)ccc2F)n1. The quantitative estimate of drug-likeness (QED) is 0.781. The van der Waals surface area contributed by atoms with Crippen molar-refractivity contribution in [3.05, 3.63) is 41.7 Å². The second-order valence-corrected chi connectivity index (χ2v) is 3.34. The normalized spacial score (nSPS) is 10.4. The van der Waals surface area contributed by atoms with Crippen molar-refractivity contribution in [2.75, 3.05) is 6.61 Å². The van der Waals surface area contributed by atoms with Gasteiger partial charge in [-0.05, 0) is 19.1 Å². The zero-order valence-corrected chi connectivity index (χ0v) is 9.43. The molecule has 0 fully saturated rings. The van der Waals surface area contributed by atoms with Crippen molar-refractivity contribution in [1.29, 1.82) is 0 Å². The van der Waals surface area contributed by atoms with Gasteiger partial charge in [-0.3, -0.25) is 0 Å². The van der Waals surface area contributed by atoms with Crippen LogP contribution in [0.1, 0.15) is 17.4 Å². The van der Waals surface area contributed by atoms with Crippen LogP contribution < -0.4 is 0 Å². The summed E-state index contributed by atoms with van der Waals surface area (Å²) in [5, 5.41) is 7.42. The molecule has 0 saturated heterocycles. The smallest absolute Gasteiger partial charge is 0.360 e. The summed E-state index contributed by atoms with van der Waals surface area (Å²) in [5.41, 5.74) is -0.244. The van der Waals surface area contributed by atoms with Crippen molar-refractivity contribution >= 4 is 5.97 Å². The van der Waals surface area contributed by atoms with E-state index in [4.69, 9.17) is 4.74 Å². The molecular formula is C11H9F2N3O2. The molecule has 0 N–H and O–H groups in total. The first kappa shape index (κ1) is 12.2. The van der Waals surface area contributed by atoms with E-state index in [9.17, 15) is 13.6 Å². The minimum absolute atomic E-state index is 0.0690. The Bertz CT molecular complexity index is 583. The largest absolute Gasteiger partial charge is 0.461 e. The van der Waals surface area contributed by atoms with Crippen LogP contribution in [0.2, 0.25) is 0 Å². The van der Waals surface area contributed by atoms with Crippen LogP contribution in [-0.4, -0.2) is 27.6 Å². The number of benzene rings is 1. The predicted octanol–water partition coefficient (Wildman–Crippen LogP) is 1.72. The predicted molar refractivity (Wildman–Crippen MR) is 57.2 cm³/mol. The van der Waals surface area contributed by atoms with Crippen LogP contribution in [0.4, 0.5) is 8.78 Å². The Kier molecular flexibility index (Phi) is 3.31. The average Bonchev–Trinajstić information content (AvgIpc) is 2.82. The lowest BCUT2D eigenvalue weighted by atomic mass is 10.3. The van der Waals surface area contributed by atoms with E-state index in [1.165, 1.54) is 0 Å². The number of aromatic nitrogens is 3. The van der Waals surface area contributed by atoms with Gasteiger partial charge in [-0.1, -0.05) is 0 Å². The second-order valence-electron chi connectivity index (χ2n) is 3.34. The Hall–Kier alpha value is -2.31. The second kappa shape index (κ2) is 4.91. The van der Waals surface area contributed by atoms with Crippen molar-refractivity contribution in [2.45, 2.75) is 6.92 Å². The highest BCUT2D eigenvalue weighted by atomic mass is 19.1. The Balaban J connectivity index is 2.35. The van der Waals surface area contributed by atoms with Crippen LogP contribution >= 0.6 is 0 Å². The number of nitrogens with zero attached hydrogens (tertiary/aromatic N) is 3. The third-order valence-electron chi connectivity index (χ3n) is 2.10. The van der Waals surface area contributed by atoms with Crippen molar-refractivity contribution in [1.82, 2.24) is 15.0 Å². The molecular weight excluding hydrogens is 244 g/mol. The zero-order chi connectivity index (χ0) is 13.1. The van der Waals surface area contributed by atoms with E-state index in [-0.39, 0.29) is 18.0 Å². The number of halogens is 2. The standard InChI is InChI=1S/C11H9F2N3O2/c1-2-18-11(17)9-6-14-16(15-9)10-5-7(12)3-4-8(10)13/h3-6H,2H2,1H3. The average molecular weight is 253 g/mol. The lowest BCUT2D eigenvalue weighted by Gasteiger charge is -2.01. The lowest BCUT2D eigenvalue weighted by molar-refractivity contribution is 0.0519. The fourth-order valence-electron chi connectivity index (χ4n) is 1.32. The molecule has 0 aliphatic rings. The highest BCUT2D eigenvalue weighted by Crippen LogP contribution is 2.13.